The number of nitrogens with zero attached hydrogens (tertiary/aromatic N) is 3. The van der Waals surface area contributed by atoms with E-state index in [-0.39, 0.29) is 57.6 Å². The van der Waals surface area contributed by atoms with E-state index in [2.05, 4.69) is 57.2 Å². The summed E-state index contributed by atoms with van der Waals surface area (Å²) in [5, 5.41) is 19.4. The highest BCUT2D eigenvalue weighted by molar-refractivity contribution is 6.09. The van der Waals surface area contributed by atoms with Crippen LogP contribution in [0.5, 0.6) is 0 Å². The smallest absolute Gasteiger partial charge is 0.325 e. The molecule has 2 aromatic heterocycles. The van der Waals surface area contributed by atoms with Crippen molar-refractivity contribution in [3.05, 3.63) is 90.1 Å². The zero-order chi connectivity index (χ0) is 48.9. The van der Waals surface area contributed by atoms with E-state index in [1.54, 1.807) is 36.5 Å². The molecule has 0 spiro atoms. The molecule has 0 saturated carbocycles. The van der Waals surface area contributed by atoms with Gasteiger partial charge < -0.3 is 58.7 Å². The van der Waals surface area contributed by atoms with Crippen LogP contribution in [-0.2, 0) is 57.6 Å². The first-order valence-electron chi connectivity index (χ1n) is 22.1. The zero-order valence-electron chi connectivity index (χ0n) is 37.5. The van der Waals surface area contributed by atoms with Crippen molar-refractivity contribution in [3.8, 4) is 0 Å². The van der Waals surface area contributed by atoms with Crippen LogP contribution in [0.1, 0.15) is 56.4 Å². The molecule has 6 rings (SSSR count). The second-order valence-electron chi connectivity index (χ2n) is 16.6. The Balaban J connectivity index is 1.37. The number of para-hydroxylation sites is 1. The molecule has 23 heteroatoms. The van der Waals surface area contributed by atoms with Gasteiger partial charge in [0.15, 0.2) is 11.7 Å². The molecule has 2 aliphatic rings. The number of imidazole rings is 1. The predicted octanol–water partition coefficient (Wildman–Crippen LogP) is -1.80. The Morgan fingerprint density at radius 3 is 2.07 bits per heavy atom. The topological polar surface area (TPSA) is 350 Å². The van der Waals surface area contributed by atoms with E-state index in [9.17, 15) is 43.2 Å². The highest BCUT2D eigenvalue weighted by Gasteiger charge is 2.44. The zero-order valence-corrected chi connectivity index (χ0v) is 37.5. The maximum atomic E-state index is 14.5. The molecule has 0 radical (unpaired) electrons. The second kappa shape index (κ2) is 22.9. The van der Waals surface area contributed by atoms with Crippen molar-refractivity contribution in [2.24, 2.45) is 16.5 Å². The maximum Gasteiger partial charge on any atom is 0.325 e. The Kier molecular flexibility index (Phi) is 16.6. The number of benzene rings is 2. The number of aromatic nitrogens is 3. The van der Waals surface area contributed by atoms with E-state index in [0.717, 1.165) is 10.9 Å². The third kappa shape index (κ3) is 13.0. The van der Waals surface area contributed by atoms with Crippen LogP contribution < -0.4 is 48.7 Å². The molecular formula is C45H56N14O9. The molecule has 13 N–H and O–H groups in total. The van der Waals surface area contributed by atoms with Gasteiger partial charge in [-0.2, -0.15) is 0 Å². The Bertz CT molecular complexity index is 2520. The third-order valence-electron chi connectivity index (χ3n) is 11.6. The monoisotopic (exact) mass is 936 g/mol. The Hall–Kier alpha value is -8.11. The lowest BCUT2D eigenvalue weighted by Crippen LogP contribution is -2.60. The van der Waals surface area contributed by atoms with Crippen molar-refractivity contribution in [3.63, 3.8) is 0 Å². The van der Waals surface area contributed by atoms with Gasteiger partial charge in [-0.15, -0.1) is 0 Å². The highest BCUT2D eigenvalue weighted by atomic mass is 16.2. The molecular weight excluding hydrogens is 881 g/mol. The highest BCUT2D eigenvalue weighted by Crippen LogP contribution is 2.20. The van der Waals surface area contributed by atoms with Gasteiger partial charge in [-0.1, -0.05) is 48.5 Å². The van der Waals surface area contributed by atoms with Gasteiger partial charge in [0.05, 0.1) is 18.8 Å². The SMILES string of the molecule is CC(=O)[C@@H]1CCNC(=O)C[C@@H]2NC(=O)N(C2=O)[C@H](C)C(=O)N[C@@H](Cc2cnc[nH]2)C(=O)N[C@H](Cc2ccccc2)C(=O)N[C@@H](CCCN=C(N)N)C(=O)N[C@@H](Cc2c[nH]c3ccccc23)C(=O)N1. The van der Waals surface area contributed by atoms with E-state index in [1.807, 2.05) is 24.3 Å². The molecule has 68 heavy (non-hydrogen) atoms. The van der Waals surface area contributed by atoms with E-state index in [4.69, 9.17) is 11.5 Å². The number of guanidine groups is 1. The minimum atomic E-state index is -1.47. The third-order valence-corrected chi connectivity index (χ3v) is 11.6. The van der Waals surface area contributed by atoms with Crippen molar-refractivity contribution in [1.82, 2.24) is 57.1 Å². The number of ketones is 1. The van der Waals surface area contributed by atoms with Crippen molar-refractivity contribution in [1.29, 1.82) is 0 Å². The maximum absolute atomic E-state index is 14.5. The fourth-order valence-corrected chi connectivity index (χ4v) is 7.93. The molecule has 2 bridgehead atoms. The van der Waals surface area contributed by atoms with Gasteiger partial charge in [0, 0.05) is 61.3 Å². The van der Waals surface area contributed by atoms with Crippen LogP contribution in [0.3, 0.4) is 0 Å². The Morgan fingerprint density at radius 2 is 1.38 bits per heavy atom. The fraction of sp³-hybridized carbons (Fsp3) is 0.400. The molecule has 23 nitrogen and oxygen atoms in total. The van der Waals surface area contributed by atoms with E-state index >= 15 is 0 Å². The number of Topliss-reactive ketones (excluding diaryl/α,β-unsaturated/α-hetero) is 1. The lowest BCUT2D eigenvalue weighted by Gasteiger charge is -2.28. The van der Waals surface area contributed by atoms with Gasteiger partial charge >= 0.3 is 6.03 Å². The van der Waals surface area contributed by atoms with Gasteiger partial charge in [0.1, 0.15) is 36.3 Å². The largest absolute Gasteiger partial charge is 0.370 e. The number of aliphatic imine (C=N–C) groups is 1. The van der Waals surface area contributed by atoms with Gasteiger partial charge in [0.2, 0.25) is 35.4 Å². The van der Waals surface area contributed by atoms with Crippen LogP contribution in [-0.4, -0.2) is 134 Å². The first kappa shape index (κ1) is 49.3. The van der Waals surface area contributed by atoms with Crippen LogP contribution >= 0.6 is 0 Å². The summed E-state index contributed by atoms with van der Waals surface area (Å²) in [6.07, 6.45) is 3.68. The number of nitrogens with one attached hydrogen (secondary N) is 9. The second-order valence-corrected chi connectivity index (χ2v) is 16.6. The number of imide groups is 1. The summed E-state index contributed by atoms with van der Waals surface area (Å²) >= 11 is 0. The molecule has 2 aromatic carbocycles. The molecule has 4 heterocycles. The van der Waals surface area contributed by atoms with E-state index in [0.29, 0.717) is 21.7 Å². The summed E-state index contributed by atoms with van der Waals surface area (Å²) in [4.78, 5) is 139. The number of carbonyl (C=O) groups excluding carboxylic acids is 9. The summed E-state index contributed by atoms with van der Waals surface area (Å²) in [5.41, 5.74) is 13.6. The quantitative estimate of drug-likeness (QED) is 0.0344. The normalized spacial score (nSPS) is 23.8. The molecule has 7 atom stereocenters. The number of amides is 9. The summed E-state index contributed by atoms with van der Waals surface area (Å²) in [7, 11) is 0. The number of urea groups is 1. The fourth-order valence-electron chi connectivity index (χ4n) is 7.93. The standard InChI is InChI=1S/C45H56N14O9/c1-24-38(62)55-35(19-28-22-48-23-52-28)42(66)56-33(17-26-9-4-3-5-10-26)40(64)54-32(13-8-15-50-44(46)47)39(63)57-34(18-27-21-51-31-12-7-6-11-29(27)31)41(65)53-30(25(2)60)14-16-49-37(61)20-36-43(67)59(24)45(68)58-36/h3-7,9-12,21-24,30,32-36,51H,8,13-20H2,1-2H3,(H,48,52)(H,49,61)(H,53,65)(H,54,64)(H,55,62)(H,56,66)(H,57,63)(H,58,68)(H4,46,47,50)/t24-,30+,32+,33-,34+,35+,36+/m1/s1. The van der Waals surface area contributed by atoms with E-state index < -0.39 is 102 Å². The minimum absolute atomic E-state index is 0.0440. The average molecular weight is 937 g/mol. The molecule has 360 valence electrons. The Morgan fingerprint density at radius 1 is 0.750 bits per heavy atom. The van der Waals surface area contributed by atoms with Crippen LogP contribution in [0.15, 0.2) is 78.3 Å². The van der Waals surface area contributed by atoms with Crippen molar-refractivity contribution < 1.29 is 43.2 Å². The van der Waals surface area contributed by atoms with Crippen LogP contribution in [0.4, 0.5) is 4.79 Å². The Labute approximate surface area is 390 Å². The number of aromatic amines is 2. The molecule has 4 aromatic rings. The lowest BCUT2D eigenvalue weighted by molar-refractivity contribution is -0.138. The number of nitrogens with two attached hydrogens (primary N) is 2. The number of rotatable bonds is 11. The summed E-state index contributed by atoms with van der Waals surface area (Å²) in [5.74, 6) is -6.30. The summed E-state index contributed by atoms with van der Waals surface area (Å²) in [6, 6.07) is 5.64. The first-order valence-corrected chi connectivity index (χ1v) is 22.1. The number of fused-ring (bicyclic) bond motifs is 3. The molecule has 0 aliphatic carbocycles. The number of carbonyl (C=O) groups is 9. The number of H-pyrrole nitrogens is 2. The average Bonchev–Trinajstić information content (AvgIpc) is 4.04. The number of hydrogen-bond donors (Lipinski definition) is 11. The molecule has 2 aliphatic heterocycles. The number of hydrogen-bond acceptors (Lipinski definition) is 11. The summed E-state index contributed by atoms with van der Waals surface area (Å²) < 4.78 is 0. The molecule has 9 amide bonds. The van der Waals surface area contributed by atoms with Crippen LogP contribution in [0.25, 0.3) is 10.9 Å². The summed E-state index contributed by atoms with van der Waals surface area (Å²) in [6.45, 7) is 2.45. The van der Waals surface area contributed by atoms with Crippen molar-refractivity contribution in [2.45, 2.75) is 101 Å². The first-order chi connectivity index (χ1) is 32.6. The minimum Gasteiger partial charge on any atom is -0.370 e. The lowest BCUT2D eigenvalue weighted by atomic mass is 10.0. The van der Waals surface area contributed by atoms with Crippen LogP contribution in [0, 0.1) is 0 Å². The predicted molar refractivity (Wildman–Crippen MR) is 246 cm³/mol. The van der Waals surface area contributed by atoms with Gasteiger partial charge in [0.25, 0.3) is 5.91 Å². The van der Waals surface area contributed by atoms with Gasteiger partial charge in [-0.3, -0.25) is 48.2 Å². The van der Waals surface area contributed by atoms with Gasteiger partial charge in [-0.25, -0.2) is 9.78 Å². The molecule has 2 fully saturated rings. The van der Waals surface area contributed by atoms with Crippen LogP contribution in [0.2, 0.25) is 0 Å². The molecule has 0 unspecified atom stereocenters. The molecule has 2 saturated heterocycles. The van der Waals surface area contributed by atoms with Crippen molar-refractivity contribution in [2.75, 3.05) is 13.1 Å². The van der Waals surface area contributed by atoms with Gasteiger partial charge in [-0.05, 0) is 50.3 Å². The van der Waals surface area contributed by atoms with E-state index in [1.165, 1.54) is 26.4 Å². The van der Waals surface area contributed by atoms with Crippen molar-refractivity contribution >= 4 is 70.0 Å².